The summed E-state index contributed by atoms with van der Waals surface area (Å²) in [5.74, 6) is -0.289. The molecule has 1 aromatic rings. The number of nitrogens with two attached hydrogens (primary N) is 1. The Kier molecular flexibility index (Phi) is 3.34. The second-order valence-electron chi connectivity index (χ2n) is 3.48. The number of ether oxygens (including phenoxy) is 1. The molecule has 0 aromatic carbocycles. The molecule has 0 aliphatic carbocycles. The number of hydrogen-bond acceptors (Lipinski definition) is 4. The standard InChI is InChI=1S/C10H17N3O2/c1-5-8(10(14)15-4)13-7(3)9(11)6(2)12-13/h8H,5,11H2,1-4H3. The first kappa shape index (κ1) is 11.6. The van der Waals surface area contributed by atoms with Gasteiger partial charge in [0.05, 0.1) is 24.2 Å². The van der Waals surface area contributed by atoms with Crippen LogP contribution in [0.2, 0.25) is 0 Å². The van der Waals surface area contributed by atoms with Crippen LogP contribution in [0.5, 0.6) is 0 Å². The number of rotatable bonds is 3. The highest BCUT2D eigenvalue weighted by Gasteiger charge is 2.23. The van der Waals surface area contributed by atoms with Gasteiger partial charge in [0.25, 0.3) is 0 Å². The summed E-state index contributed by atoms with van der Waals surface area (Å²) in [6.45, 7) is 5.58. The molecule has 0 fully saturated rings. The van der Waals surface area contributed by atoms with Gasteiger partial charge in [0.2, 0.25) is 0 Å². The largest absolute Gasteiger partial charge is 0.467 e. The normalized spacial score (nSPS) is 12.5. The van der Waals surface area contributed by atoms with E-state index in [1.165, 1.54) is 7.11 Å². The Morgan fingerprint density at radius 2 is 2.20 bits per heavy atom. The van der Waals surface area contributed by atoms with Gasteiger partial charge >= 0.3 is 5.97 Å². The molecule has 0 saturated heterocycles. The first-order valence-corrected chi connectivity index (χ1v) is 4.91. The van der Waals surface area contributed by atoms with Gasteiger partial charge in [0.1, 0.15) is 6.04 Å². The predicted octanol–water partition coefficient (Wildman–Crippen LogP) is 1.21. The maximum atomic E-state index is 11.5. The molecular weight excluding hydrogens is 194 g/mol. The highest BCUT2D eigenvalue weighted by molar-refractivity contribution is 5.74. The van der Waals surface area contributed by atoms with Gasteiger partial charge < -0.3 is 10.5 Å². The molecule has 0 radical (unpaired) electrons. The van der Waals surface area contributed by atoms with Gasteiger partial charge in [0, 0.05) is 0 Å². The Labute approximate surface area is 89.2 Å². The van der Waals surface area contributed by atoms with Crippen LogP contribution in [0.25, 0.3) is 0 Å². The molecule has 0 aliphatic rings. The van der Waals surface area contributed by atoms with Crippen molar-refractivity contribution in [3.63, 3.8) is 0 Å². The maximum Gasteiger partial charge on any atom is 0.330 e. The smallest absolute Gasteiger partial charge is 0.330 e. The van der Waals surface area contributed by atoms with Gasteiger partial charge in [-0.2, -0.15) is 5.10 Å². The van der Waals surface area contributed by atoms with E-state index < -0.39 is 0 Å². The average molecular weight is 211 g/mol. The fraction of sp³-hybridized carbons (Fsp3) is 0.600. The van der Waals surface area contributed by atoms with Gasteiger partial charge in [-0.05, 0) is 20.3 Å². The molecule has 1 rings (SSSR count). The van der Waals surface area contributed by atoms with Crippen LogP contribution in [-0.4, -0.2) is 22.9 Å². The van der Waals surface area contributed by atoms with Gasteiger partial charge in [0.15, 0.2) is 0 Å². The number of esters is 1. The number of nitrogens with zero attached hydrogens (tertiary/aromatic N) is 2. The van der Waals surface area contributed by atoms with Gasteiger partial charge in [-0.15, -0.1) is 0 Å². The number of hydrogen-bond donors (Lipinski definition) is 1. The minimum atomic E-state index is -0.383. The van der Waals surface area contributed by atoms with Crippen LogP contribution in [0.4, 0.5) is 5.69 Å². The number of aryl methyl sites for hydroxylation is 1. The molecule has 5 heteroatoms. The third-order valence-electron chi connectivity index (χ3n) is 2.54. The molecule has 0 bridgehead atoms. The van der Waals surface area contributed by atoms with Crippen LogP contribution in [0.15, 0.2) is 0 Å². The summed E-state index contributed by atoms with van der Waals surface area (Å²) < 4.78 is 6.36. The summed E-state index contributed by atoms with van der Waals surface area (Å²) in [6, 6.07) is -0.383. The van der Waals surface area contributed by atoms with E-state index >= 15 is 0 Å². The summed E-state index contributed by atoms with van der Waals surface area (Å²) in [5, 5.41) is 4.24. The number of carbonyl (C=O) groups excluding carboxylic acids is 1. The second-order valence-corrected chi connectivity index (χ2v) is 3.48. The highest BCUT2D eigenvalue weighted by atomic mass is 16.5. The molecule has 15 heavy (non-hydrogen) atoms. The van der Waals surface area contributed by atoms with Crippen molar-refractivity contribution in [2.24, 2.45) is 0 Å². The summed E-state index contributed by atoms with van der Waals surface area (Å²) in [4.78, 5) is 11.5. The Bertz CT molecular complexity index is 371. The third kappa shape index (κ3) is 1.95. The minimum absolute atomic E-state index is 0.289. The monoisotopic (exact) mass is 211 g/mol. The fourth-order valence-corrected chi connectivity index (χ4v) is 1.55. The average Bonchev–Trinajstić information content (AvgIpc) is 2.47. The van der Waals surface area contributed by atoms with E-state index in [1.54, 1.807) is 4.68 Å². The number of carbonyl (C=O) groups is 1. The van der Waals surface area contributed by atoms with Crippen LogP contribution in [0, 0.1) is 13.8 Å². The van der Waals surface area contributed by atoms with Crippen molar-refractivity contribution in [2.75, 3.05) is 12.8 Å². The Morgan fingerprint density at radius 3 is 2.53 bits per heavy atom. The van der Waals surface area contributed by atoms with Crippen molar-refractivity contribution in [3.05, 3.63) is 11.4 Å². The first-order chi connectivity index (χ1) is 7.02. The van der Waals surface area contributed by atoms with E-state index in [0.717, 1.165) is 11.4 Å². The molecule has 1 atom stereocenters. The van der Waals surface area contributed by atoms with Crippen molar-refractivity contribution in [1.29, 1.82) is 0 Å². The number of methoxy groups -OCH3 is 1. The summed E-state index contributed by atoms with van der Waals surface area (Å²) in [6.07, 6.45) is 0.633. The van der Waals surface area contributed by atoms with Crippen LogP contribution in [0.3, 0.4) is 0 Å². The number of aromatic nitrogens is 2. The molecule has 1 unspecified atom stereocenters. The van der Waals surface area contributed by atoms with Crippen molar-refractivity contribution in [3.8, 4) is 0 Å². The number of anilines is 1. The van der Waals surface area contributed by atoms with Crippen molar-refractivity contribution in [2.45, 2.75) is 33.2 Å². The zero-order chi connectivity index (χ0) is 11.6. The predicted molar refractivity (Wildman–Crippen MR) is 57.5 cm³/mol. The lowest BCUT2D eigenvalue weighted by Crippen LogP contribution is -2.22. The Hall–Kier alpha value is -1.52. The highest BCUT2D eigenvalue weighted by Crippen LogP contribution is 2.21. The van der Waals surface area contributed by atoms with E-state index in [0.29, 0.717) is 12.1 Å². The Balaban J connectivity index is 3.13. The SMILES string of the molecule is CCC(C(=O)OC)n1nc(C)c(N)c1C. The molecule has 1 heterocycles. The molecule has 5 nitrogen and oxygen atoms in total. The van der Waals surface area contributed by atoms with E-state index in [2.05, 4.69) is 5.10 Å². The molecule has 0 spiro atoms. The lowest BCUT2D eigenvalue weighted by atomic mass is 10.2. The molecule has 2 N–H and O–H groups in total. The van der Waals surface area contributed by atoms with Crippen molar-refractivity contribution < 1.29 is 9.53 Å². The third-order valence-corrected chi connectivity index (χ3v) is 2.54. The topological polar surface area (TPSA) is 70.1 Å². The molecule has 84 valence electrons. The molecule has 0 aliphatic heterocycles. The fourth-order valence-electron chi connectivity index (χ4n) is 1.55. The molecular formula is C10H17N3O2. The second kappa shape index (κ2) is 4.33. The van der Waals surface area contributed by atoms with Crippen LogP contribution >= 0.6 is 0 Å². The lowest BCUT2D eigenvalue weighted by Gasteiger charge is -2.14. The van der Waals surface area contributed by atoms with E-state index in [4.69, 9.17) is 10.5 Å². The van der Waals surface area contributed by atoms with Crippen molar-refractivity contribution in [1.82, 2.24) is 9.78 Å². The summed E-state index contributed by atoms with van der Waals surface area (Å²) >= 11 is 0. The van der Waals surface area contributed by atoms with Crippen molar-refractivity contribution >= 4 is 11.7 Å². The van der Waals surface area contributed by atoms with E-state index in [9.17, 15) is 4.79 Å². The van der Waals surface area contributed by atoms with E-state index in [-0.39, 0.29) is 12.0 Å². The van der Waals surface area contributed by atoms with E-state index in [1.807, 2.05) is 20.8 Å². The number of nitrogen functional groups attached to an aromatic ring is 1. The molecule has 0 amide bonds. The summed E-state index contributed by atoms with van der Waals surface area (Å²) in [5.41, 5.74) is 7.99. The first-order valence-electron chi connectivity index (χ1n) is 4.91. The molecule has 0 saturated carbocycles. The Morgan fingerprint density at radius 1 is 1.60 bits per heavy atom. The molecule has 1 aromatic heterocycles. The van der Waals surface area contributed by atoms with Gasteiger partial charge in [-0.3, -0.25) is 4.68 Å². The van der Waals surface area contributed by atoms with Gasteiger partial charge in [-0.25, -0.2) is 4.79 Å². The zero-order valence-electron chi connectivity index (χ0n) is 9.57. The summed E-state index contributed by atoms with van der Waals surface area (Å²) in [7, 11) is 1.38. The maximum absolute atomic E-state index is 11.5. The van der Waals surface area contributed by atoms with Crippen LogP contribution < -0.4 is 5.73 Å². The van der Waals surface area contributed by atoms with Gasteiger partial charge in [-0.1, -0.05) is 6.92 Å². The minimum Gasteiger partial charge on any atom is -0.467 e. The zero-order valence-corrected chi connectivity index (χ0v) is 9.57. The van der Waals surface area contributed by atoms with Crippen LogP contribution in [0.1, 0.15) is 30.8 Å². The quantitative estimate of drug-likeness (QED) is 0.763. The lowest BCUT2D eigenvalue weighted by molar-refractivity contribution is -0.145. The van der Waals surface area contributed by atoms with Crippen LogP contribution in [-0.2, 0) is 9.53 Å².